The van der Waals surface area contributed by atoms with Crippen molar-refractivity contribution in [3.63, 3.8) is 0 Å². The molecule has 0 bridgehead atoms. The minimum Gasteiger partial charge on any atom is -0.379 e. The molecule has 3 aromatic rings. The molecule has 3 heterocycles. The van der Waals surface area contributed by atoms with Gasteiger partial charge in [0.2, 0.25) is 5.56 Å². The van der Waals surface area contributed by atoms with Gasteiger partial charge in [0, 0.05) is 48.5 Å². The number of anilines is 2. The van der Waals surface area contributed by atoms with Crippen LogP contribution in [0.25, 0.3) is 10.9 Å². The first-order valence-corrected chi connectivity index (χ1v) is 11.7. The molecule has 3 N–H and O–H groups in total. The lowest BCUT2D eigenvalue weighted by Crippen LogP contribution is -2.36. The lowest BCUT2D eigenvalue weighted by atomic mass is 10.0. The zero-order valence-electron chi connectivity index (χ0n) is 20.3. The molecule has 1 amide bonds. The number of fused-ring (bicyclic) bond motifs is 1. The molecule has 9 nitrogen and oxygen atoms in total. The average Bonchev–Trinajstić information content (AvgIpc) is 2.85. The molecule has 182 valence electrons. The number of aromatic amines is 1. The predicted molar refractivity (Wildman–Crippen MR) is 136 cm³/mol. The summed E-state index contributed by atoms with van der Waals surface area (Å²) in [5.74, 6) is 0.0297. The number of amides is 1. The van der Waals surface area contributed by atoms with Crippen LogP contribution < -0.4 is 16.2 Å². The molecule has 1 aromatic carbocycles. The van der Waals surface area contributed by atoms with Gasteiger partial charge >= 0.3 is 0 Å². The van der Waals surface area contributed by atoms with E-state index in [1.165, 1.54) is 6.07 Å². The van der Waals surface area contributed by atoms with Crippen molar-refractivity contribution < 1.29 is 9.53 Å². The molecule has 1 saturated heterocycles. The number of nitriles is 1. The van der Waals surface area contributed by atoms with Gasteiger partial charge < -0.3 is 20.4 Å². The van der Waals surface area contributed by atoms with Crippen LogP contribution in [0.5, 0.6) is 0 Å². The van der Waals surface area contributed by atoms with E-state index < -0.39 is 5.54 Å². The molecule has 0 aliphatic carbocycles. The van der Waals surface area contributed by atoms with Crippen molar-refractivity contribution in [3.8, 4) is 6.07 Å². The van der Waals surface area contributed by atoms with Gasteiger partial charge in [-0.1, -0.05) is 6.92 Å². The van der Waals surface area contributed by atoms with Gasteiger partial charge in [-0.05, 0) is 55.7 Å². The molecule has 1 fully saturated rings. The third-order valence-corrected chi connectivity index (χ3v) is 6.35. The Morgan fingerprint density at radius 1 is 1.29 bits per heavy atom. The highest BCUT2D eigenvalue weighted by molar-refractivity contribution is 6.08. The number of ether oxygens (including phenoxy) is 1. The number of pyridine rings is 2. The fourth-order valence-corrected chi connectivity index (χ4v) is 4.04. The van der Waals surface area contributed by atoms with E-state index in [2.05, 4.69) is 31.6 Å². The number of carbonyl (C=O) groups excluding carboxylic acids is 1. The topological polar surface area (TPSA) is 123 Å². The lowest BCUT2D eigenvalue weighted by molar-refractivity contribution is 0.0341. The maximum Gasteiger partial charge on any atom is 0.259 e. The van der Waals surface area contributed by atoms with Crippen LogP contribution in [0, 0.1) is 18.3 Å². The molecule has 0 radical (unpaired) electrons. The van der Waals surface area contributed by atoms with E-state index in [1.807, 2.05) is 26.0 Å². The second-order valence-electron chi connectivity index (χ2n) is 9.08. The summed E-state index contributed by atoms with van der Waals surface area (Å²) in [6.45, 7) is 9.22. The molecule has 1 unspecified atom stereocenters. The van der Waals surface area contributed by atoms with Gasteiger partial charge in [-0.2, -0.15) is 5.26 Å². The molecule has 35 heavy (non-hydrogen) atoms. The lowest BCUT2D eigenvalue weighted by Gasteiger charge is -2.27. The number of H-pyrrole nitrogens is 1. The Kier molecular flexibility index (Phi) is 7.15. The molecule has 0 saturated carbocycles. The number of hydrogen-bond acceptors (Lipinski definition) is 7. The van der Waals surface area contributed by atoms with Gasteiger partial charge in [0.15, 0.2) is 0 Å². The molecule has 4 rings (SSSR count). The fraction of sp³-hybridized carbons (Fsp3) is 0.385. The number of aryl methyl sites for hydroxylation is 1. The molecule has 2 aromatic heterocycles. The Hall–Kier alpha value is -3.74. The first kappa shape index (κ1) is 24.4. The second kappa shape index (κ2) is 10.3. The van der Waals surface area contributed by atoms with Crippen molar-refractivity contribution >= 4 is 28.3 Å². The number of nitrogens with one attached hydrogen (secondary N) is 3. The Balaban J connectivity index is 1.65. The third-order valence-electron chi connectivity index (χ3n) is 6.35. The maximum absolute atomic E-state index is 13.5. The van der Waals surface area contributed by atoms with Crippen LogP contribution in [0.3, 0.4) is 0 Å². The van der Waals surface area contributed by atoms with E-state index in [4.69, 9.17) is 4.74 Å². The number of hydrogen-bond donors (Lipinski definition) is 3. The first-order valence-electron chi connectivity index (χ1n) is 11.7. The number of nitrogens with zero attached hydrogens (tertiary/aromatic N) is 3. The van der Waals surface area contributed by atoms with Crippen LogP contribution in [-0.4, -0.2) is 52.6 Å². The normalized spacial score (nSPS) is 15.8. The number of carbonyl (C=O) groups is 1. The zero-order chi connectivity index (χ0) is 25.0. The monoisotopic (exact) mass is 474 g/mol. The SMILES string of the molecule is CCC(C)(C#N)Nc1ncc(CN2CCOCC2)cc1C(=O)Nc1ccc2[nH]c(=O)cc(C)c2c1. The molecular formula is C26H30N6O3. The standard InChI is InChI=1S/C26H30N6O3/c1-4-26(3,16-27)31-24-21(12-18(14-28-24)15-32-7-9-35-10-8-32)25(34)29-19-5-6-22-20(13-19)17(2)11-23(33)30-22/h5-6,11-14H,4,7-10,15H2,1-3H3,(H,28,31)(H,29,34)(H,30,33). The summed E-state index contributed by atoms with van der Waals surface area (Å²) in [6, 6.07) is 11.0. The van der Waals surface area contributed by atoms with Gasteiger partial charge in [0.1, 0.15) is 11.4 Å². The molecule has 9 heteroatoms. The van der Waals surface area contributed by atoms with E-state index in [0.717, 1.165) is 29.6 Å². The van der Waals surface area contributed by atoms with Gasteiger partial charge in [-0.15, -0.1) is 0 Å². The first-order chi connectivity index (χ1) is 16.8. The number of morpholine rings is 1. The van der Waals surface area contributed by atoms with Gasteiger partial charge in [-0.25, -0.2) is 4.98 Å². The Morgan fingerprint density at radius 2 is 2.06 bits per heavy atom. The molecule has 0 spiro atoms. The van der Waals surface area contributed by atoms with Crippen molar-refractivity contribution in [1.82, 2.24) is 14.9 Å². The summed E-state index contributed by atoms with van der Waals surface area (Å²) < 4.78 is 5.43. The highest BCUT2D eigenvalue weighted by atomic mass is 16.5. The number of rotatable bonds is 7. The summed E-state index contributed by atoms with van der Waals surface area (Å²) in [4.78, 5) is 34.8. The van der Waals surface area contributed by atoms with Crippen LogP contribution in [-0.2, 0) is 11.3 Å². The van der Waals surface area contributed by atoms with E-state index >= 15 is 0 Å². The van der Waals surface area contributed by atoms with Crippen LogP contribution in [0.15, 0.2) is 41.3 Å². The Labute approximate surface area is 204 Å². The summed E-state index contributed by atoms with van der Waals surface area (Å²) >= 11 is 0. The highest BCUT2D eigenvalue weighted by Crippen LogP contribution is 2.24. The van der Waals surface area contributed by atoms with Crippen molar-refractivity contribution in [2.45, 2.75) is 39.3 Å². The zero-order valence-corrected chi connectivity index (χ0v) is 20.3. The third kappa shape index (κ3) is 5.67. The quantitative estimate of drug-likeness (QED) is 0.479. The fourth-order valence-electron chi connectivity index (χ4n) is 4.04. The summed E-state index contributed by atoms with van der Waals surface area (Å²) in [5.41, 5.74) is 2.37. The summed E-state index contributed by atoms with van der Waals surface area (Å²) in [7, 11) is 0. The Bertz CT molecular complexity index is 1340. The van der Waals surface area contributed by atoms with Gasteiger partial charge in [0.25, 0.3) is 5.91 Å². The molecule has 1 aliphatic rings. The van der Waals surface area contributed by atoms with E-state index in [1.54, 1.807) is 25.3 Å². The van der Waals surface area contributed by atoms with Gasteiger partial charge in [0.05, 0.1) is 24.8 Å². The summed E-state index contributed by atoms with van der Waals surface area (Å²) in [5, 5.41) is 16.6. The van der Waals surface area contributed by atoms with Crippen LogP contribution in [0.1, 0.15) is 41.8 Å². The molecule has 1 atom stereocenters. The van der Waals surface area contributed by atoms with Crippen molar-refractivity contribution in [2.75, 3.05) is 36.9 Å². The average molecular weight is 475 g/mol. The number of aromatic nitrogens is 2. The van der Waals surface area contributed by atoms with Crippen molar-refractivity contribution in [1.29, 1.82) is 5.26 Å². The van der Waals surface area contributed by atoms with Crippen LogP contribution >= 0.6 is 0 Å². The molecule has 1 aliphatic heterocycles. The van der Waals surface area contributed by atoms with E-state index in [-0.39, 0.29) is 11.5 Å². The molecular weight excluding hydrogens is 444 g/mol. The number of benzene rings is 1. The van der Waals surface area contributed by atoms with Crippen LogP contribution in [0.4, 0.5) is 11.5 Å². The maximum atomic E-state index is 13.5. The van der Waals surface area contributed by atoms with Crippen molar-refractivity contribution in [3.05, 3.63) is 63.6 Å². The minimum absolute atomic E-state index is 0.165. The van der Waals surface area contributed by atoms with Crippen LogP contribution in [0.2, 0.25) is 0 Å². The minimum atomic E-state index is -0.861. The highest BCUT2D eigenvalue weighted by Gasteiger charge is 2.25. The second-order valence-corrected chi connectivity index (χ2v) is 9.08. The summed E-state index contributed by atoms with van der Waals surface area (Å²) in [6.07, 6.45) is 2.29. The van der Waals surface area contributed by atoms with Crippen molar-refractivity contribution in [2.24, 2.45) is 0 Å². The smallest absolute Gasteiger partial charge is 0.259 e. The predicted octanol–water partition coefficient (Wildman–Crippen LogP) is 3.42. The van der Waals surface area contributed by atoms with E-state index in [9.17, 15) is 14.9 Å². The largest absolute Gasteiger partial charge is 0.379 e. The Morgan fingerprint density at radius 3 is 2.77 bits per heavy atom. The van der Waals surface area contributed by atoms with E-state index in [0.29, 0.717) is 48.8 Å². The van der Waals surface area contributed by atoms with Gasteiger partial charge in [-0.3, -0.25) is 14.5 Å².